The van der Waals surface area contributed by atoms with Crippen molar-refractivity contribution in [1.29, 1.82) is 0 Å². The maximum atomic E-state index is 12.5. The monoisotopic (exact) mass is 375 g/mol. The standard InChI is InChI=1S/C16H17N5O4S/c1-21-9-13(14(20-21)15(17)22)19-16(23)12-4-2-3-11(18-12)10-5-7-26(24,25)8-6-10/h2-5,9H,6-8H2,1H3,(H2,17,22)(H,19,23). The predicted molar refractivity (Wildman–Crippen MR) is 95.2 cm³/mol. The lowest BCUT2D eigenvalue weighted by Crippen LogP contribution is -2.19. The van der Waals surface area contributed by atoms with Gasteiger partial charge >= 0.3 is 0 Å². The summed E-state index contributed by atoms with van der Waals surface area (Å²) in [5.41, 5.74) is 6.87. The maximum absolute atomic E-state index is 12.5. The number of allylic oxidation sites excluding steroid dienone is 1. The van der Waals surface area contributed by atoms with Crippen LogP contribution in [-0.4, -0.2) is 46.5 Å². The Bertz CT molecular complexity index is 1020. The number of sulfone groups is 1. The van der Waals surface area contributed by atoms with Crippen LogP contribution < -0.4 is 11.1 Å². The number of anilines is 1. The molecular weight excluding hydrogens is 358 g/mol. The molecule has 1 aliphatic heterocycles. The smallest absolute Gasteiger partial charge is 0.274 e. The summed E-state index contributed by atoms with van der Waals surface area (Å²) in [6.07, 6.45) is 3.44. The van der Waals surface area contributed by atoms with E-state index in [1.165, 1.54) is 16.9 Å². The molecule has 0 aromatic carbocycles. The van der Waals surface area contributed by atoms with Crippen molar-refractivity contribution in [3.05, 3.63) is 47.6 Å². The highest BCUT2D eigenvalue weighted by atomic mass is 32.2. The van der Waals surface area contributed by atoms with Crippen molar-refractivity contribution in [1.82, 2.24) is 14.8 Å². The molecule has 2 aromatic rings. The molecule has 0 radical (unpaired) electrons. The number of aromatic nitrogens is 3. The van der Waals surface area contributed by atoms with Gasteiger partial charge in [-0.05, 0) is 24.1 Å². The molecule has 0 fully saturated rings. The third kappa shape index (κ3) is 3.80. The largest absolute Gasteiger partial charge is 0.364 e. The van der Waals surface area contributed by atoms with Crippen LogP contribution in [0.3, 0.4) is 0 Å². The highest BCUT2D eigenvalue weighted by molar-refractivity contribution is 7.91. The van der Waals surface area contributed by atoms with Gasteiger partial charge in [-0.1, -0.05) is 12.1 Å². The summed E-state index contributed by atoms with van der Waals surface area (Å²) in [7, 11) is -1.44. The van der Waals surface area contributed by atoms with Gasteiger partial charge in [0.05, 0.1) is 22.9 Å². The molecule has 0 bridgehead atoms. The zero-order chi connectivity index (χ0) is 18.9. The van der Waals surface area contributed by atoms with Gasteiger partial charge in [0.25, 0.3) is 11.8 Å². The van der Waals surface area contributed by atoms with Gasteiger partial charge in [-0.25, -0.2) is 13.4 Å². The Morgan fingerprint density at radius 1 is 1.31 bits per heavy atom. The van der Waals surface area contributed by atoms with Gasteiger partial charge in [-0.2, -0.15) is 5.10 Å². The van der Waals surface area contributed by atoms with Crippen LogP contribution in [0.4, 0.5) is 5.69 Å². The highest BCUT2D eigenvalue weighted by Gasteiger charge is 2.20. The Morgan fingerprint density at radius 3 is 2.73 bits per heavy atom. The van der Waals surface area contributed by atoms with Crippen LogP contribution in [0.1, 0.15) is 33.1 Å². The van der Waals surface area contributed by atoms with Crippen LogP contribution in [0.2, 0.25) is 0 Å². The summed E-state index contributed by atoms with van der Waals surface area (Å²) in [4.78, 5) is 28.2. The first-order valence-electron chi connectivity index (χ1n) is 7.77. The summed E-state index contributed by atoms with van der Waals surface area (Å²) < 4.78 is 24.4. The molecule has 1 aliphatic rings. The van der Waals surface area contributed by atoms with E-state index in [9.17, 15) is 18.0 Å². The molecule has 0 saturated carbocycles. The second kappa shape index (κ2) is 6.71. The van der Waals surface area contributed by atoms with E-state index in [1.807, 2.05) is 0 Å². The van der Waals surface area contributed by atoms with Gasteiger partial charge in [0.2, 0.25) is 0 Å². The minimum Gasteiger partial charge on any atom is -0.364 e. The van der Waals surface area contributed by atoms with Crippen molar-refractivity contribution in [3.63, 3.8) is 0 Å². The number of nitrogens with two attached hydrogens (primary N) is 1. The molecule has 10 heteroatoms. The molecule has 0 unspecified atom stereocenters. The van der Waals surface area contributed by atoms with Crippen molar-refractivity contribution in [2.24, 2.45) is 12.8 Å². The fourth-order valence-electron chi connectivity index (χ4n) is 2.60. The highest BCUT2D eigenvalue weighted by Crippen LogP contribution is 2.22. The lowest BCUT2D eigenvalue weighted by atomic mass is 10.1. The summed E-state index contributed by atoms with van der Waals surface area (Å²) in [5.74, 6) is -1.24. The van der Waals surface area contributed by atoms with Crippen molar-refractivity contribution < 1.29 is 18.0 Å². The number of aryl methyl sites for hydroxylation is 1. The molecule has 0 atom stereocenters. The average Bonchev–Trinajstić information content (AvgIpc) is 2.95. The lowest BCUT2D eigenvalue weighted by molar-refractivity contribution is 0.0995. The van der Waals surface area contributed by atoms with E-state index in [1.54, 1.807) is 25.3 Å². The van der Waals surface area contributed by atoms with Gasteiger partial charge in [0.15, 0.2) is 15.5 Å². The molecule has 0 saturated heterocycles. The Balaban J connectivity index is 1.83. The molecule has 136 valence electrons. The molecule has 26 heavy (non-hydrogen) atoms. The molecule has 3 rings (SSSR count). The van der Waals surface area contributed by atoms with Crippen LogP contribution in [0.25, 0.3) is 5.57 Å². The van der Waals surface area contributed by atoms with Crippen molar-refractivity contribution in [3.8, 4) is 0 Å². The number of carbonyl (C=O) groups excluding carboxylic acids is 2. The Hall–Kier alpha value is -3.01. The first-order chi connectivity index (χ1) is 12.2. The first kappa shape index (κ1) is 17.8. The number of primary amides is 1. The zero-order valence-corrected chi connectivity index (χ0v) is 14.8. The maximum Gasteiger partial charge on any atom is 0.274 e. The molecule has 3 heterocycles. The second-order valence-electron chi connectivity index (χ2n) is 5.89. The summed E-state index contributed by atoms with van der Waals surface area (Å²) in [6.45, 7) is 0. The van der Waals surface area contributed by atoms with E-state index < -0.39 is 21.7 Å². The minimum absolute atomic E-state index is 0.0297. The van der Waals surface area contributed by atoms with E-state index in [-0.39, 0.29) is 28.6 Å². The summed E-state index contributed by atoms with van der Waals surface area (Å²) >= 11 is 0. The molecule has 0 aliphatic carbocycles. The first-order valence-corrected chi connectivity index (χ1v) is 9.59. The summed E-state index contributed by atoms with van der Waals surface area (Å²) in [5, 5.41) is 6.47. The van der Waals surface area contributed by atoms with Gasteiger partial charge in [-0.3, -0.25) is 14.3 Å². The van der Waals surface area contributed by atoms with Crippen LogP contribution in [0.5, 0.6) is 0 Å². The van der Waals surface area contributed by atoms with Crippen LogP contribution in [0, 0.1) is 0 Å². The number of hydrogen-bond donors (Lipinski definition) is 2. The van der Waals surface area contributed by atoms with E-state index in [4.69, 9.17) is 5.73 Å². The molecule has 0 spiro atoms. The van der Waals surface area contributed by atoms with E-state index in [0.29, 0.717) is 12.1 Å². The Kier molecular flexibility index (Phi) is 4.60. The third-order valence-electron chi connectivity index (χ3n) is 3.89. The number of amides is 2. The van der Waals surface area contributed by atoms with Gasteiger partial charge in [-0.15, -0.1) is 0 Å². The van der Waals surface area contributed by atoms with Crippen LogP contribution >= 0.6 is 0 Å². The predicted octanol–water partition coefficient (Wildman–Crippen LogP) is 0.368. The van der Waals surface area contributed by atoms with E-state index >= 15 is 0 Å². The third-order valence-corrected chi connectivity index (χ3v) is 5.39. The summed E-state index contributed by atoms with van der Waals surface area (Å²) in [6, 6.07) is 4.91. The minimum atomic E-state index is -3.04. The normalized spacial score (nSPS) is 16.0. The Morgan fingerprint density at radius 2 is 2.08 bits per heavy atom. The van der Waals surface area contributed by atoms with Crippen molar-refractivity contribution in [2.75, 3.05) is 16.8 Å². The fourth-order valence-corrected chi connectivity index (χ4v) is 3.75. The molecule has 3 N–H and O–H groups in total. The van der Waals surface area contributed by atoms with E-state index in [2.05, 4.69) is 15.4 Å². The molecule has 2 amide bonds. The number of hydrogen-bond acceptors (Lipinski definition) is 6. The van der Waals surface area contributed by atoms with Crippen molar-refractivity contribution >= 4 is 32.9 Å². The van der Waals surface area contributed by atoms with Crippen molar-refractivity contribution in [2.45, 2.75) is 6.42 Å². The number of rotatable bonds is 4. The number of carbonyl (C=O) groups is 2. The lowest BCUT2D eigenvalue weighted by Gasteiger charge is -2.13. The zero-order valence-electron chi connectivity index (χ0n) is 14.0. The quantitative estimate of drug-likeness (QED) is 0.792. The molecular formula is C16H17N5O4S. The molecule has 2 aromatic heterocycles. The van der Waals surface area contributed by atoms with Crippen LogP contribution in [0.15, 0.2) is 30.5 Å². The SMILES string of the molecule is Cn1cc(NC(=O)c2cccc(C3=CCS(=O)(=O)CC3)n2)c(C(N)=O)n1. The van der Waals surface area contributed by atoms with Gasteiger partial charge in [0.1, 0.15) is 5.69 Å². The molecule has 9 nitrogen and oxygen atoms in total. The van der Waals surface area contributed by atoms with E-state index in [0.717, 1.165) is 5.57 Å². The average molecular weight is 375 g/mol. The van der Waals surface area contributed by atoms with Crippen LogP contribution in [-0.2, 0) is 16.9 Å². The Labute approximate surface area is 149 Å². The van der Waals surface area contributed by atoms with Gasteiger partial charge in [0, 0.05) is 13.2 Å². The fraction of sp³-hybridized carbons (Fsp3) is 0.250. The number of nitrogens with one attached hydrogen (secondary N) is 1. The number of pyridine rings is 1. The van der Waals surface area contributed by atoms with Gasteiger partial charge < -0.3 is 11.1 Å². The second-order valence-corrected chi connectivity index (χ2v) is 8.11. The number of nitrogens with zero attached hydrogens (tertiary/aromatic N) is 3. The topological polar surface area (TPSA) is 137 Å².